The van der Waals surface area contributed by atoms with E-state index in [4.69, 9.17) is 25.3 Å². The van der Waals surface area contributed by atoms with Gasteiger partial charge in [-0.3, -0.25) is 14.5 Å². The van der Waals surface area contributed by atoms with Gasteiger partial charge in [-0.1, -0.05) is 41.9 Å². The molecule has 0 saturated carbocycles. The van der Waals surface area contributed by atoms with Crippen molar-refractivity contribution in [1.82, 2.24) is 4.90 Å². The van der Waals surface area contributed by atoms with Gasteiger partial charge < -0.3 is 13.7 Å². The molecule has 2 amide bonds. The first-order valence-corrected chi connectivity index (χ1v) is 14.0. The second-order valence-corrected chi connectivity index (χ2v) is 11.3. The lowest BCUT2D eigenvalue weighted by Crippen LogP contribution is -2.32. The van der Waals surface area contributed by atoms with Gasteiger partial charge in [-0.2, -0.15) is 8.42 Å². The van der Waals surface area contributed by atoms with Gasteiger partial charge in [0.15, 0.2) is 5.75 Å². The van der Waals surface area contributed by atoms with Crippen molar-refractivity contribution in [2.24, 2.45) is 0 Å². The van der Waals surface area contributed by atoms with Crippen molar-refractivity contribution >= 4 is 50.7 Å². The molecule has 3 aromatic rings. The molecule has 1 aliphatic heterocycles. The van der Waals surface area contributed by atoms with E-state index in [1.165, 1.54) is 37.5 Å². The molecule has 0 unspecified atom stereocenters. The van der Waals surface area contributed by atoms with Gasteiger partial charge >= 0.3 is 10.1 Å². The van der Waals surface area contributed by atoms with Crippen LogP contribution in [0.4, 0.5) is 4.79 Å². The number of benzene rings is 3. The number of thioether (sulfide) groups is 1. The number of carbonyl (C=O) groups is 2. The first-order chi connectivity index (χ1) is 18.1. The third-order valence-electron chi connectivity index (χ3n) is 5.56. The van der Waals surface area contributed by atoms with Gasteiger partial charge in [0, 0.05) is 0 Å². The normalized spacial score (nSPS) is 14.7. The van der Waals surface area contributed by atoms with E-state index in [2.05, 4.69) is 0 Å². The largest absolute Gasteiger partial charge is 0.493 e. The van der Waals surface area contributed by atoms with Gasteiger partial charge in [0.25, 0.3) is 11.1 Å². The Balaban J connectivity index is 1.50. The lowest BCUT2D eigenvalue weighted by molar-refractivity contribution is -0.123. The number of hydrogen-bond donors (Lipinski definition) is 0. The molecule has 0 radical (unpaired) electrons. The van der Waals surface area contributed by atoms with Crippen LogP contribution in [0.5, 0.6) is 17.2 Å². The van der Waals surface area contributed by atoms with E-state index in [-0.39, 0.29) is 39.5 Å². The number of nitrogens with zero attached hydrogens (tertiary/aromatic N) is 1. The number of amides is 2. The van der Waals surface area contributed by atoms with E-state index in [9.17, 15) is 18.0 Å². The summed E-state index contributed by atoms with van der Waals surface area (Å²) in [5, 5.41) is -0.464. The van der Waals surface area contributed by atoms with Crippen LogP contribution in [-0.4, -0.2) is 44.7 Å². The minimum atomic E-state index is -4.16. The smallest absolute Gasteiger partial charge is 0.339 e. The molecule has 1 heterocycles. The monoisotopic (exact) mass is 573 g/mol. The Morgan fingerprint density at radius 3 is 2.45 bits per heavy atom. The van der Waals surface area contributed by atoms with Gasteiger partial charge in [-0.15, -0.1) is 0 Å². The van der Waals surface area contributed by atoms with Crippen LogP contribution in [0.25, 0.3) is 6.08 Å². The molecular weight excluding hydrogens is 550 g/mol. The maximum atomic E-state index is 12.9. The topological polar surface area (TPSA) is 99.2 Å². The maximum absolute atomic E-state index is 12.9. The number of halogens is 1. The van der Waals surface area contributed by atoms with Crippen LogP contribution in [-0.2, 0) is 14.9 Å². The Labute approximate surface area is 230 Å². The van der Waals surface area contributed by atoms with Crippen LogP contribution in [0.2, 0.25) is 5.02 Å². The summed E-state index contributed by atoms with van der Waals surface area (Å²) >= 11 is 7.14. The molecule has 0 aliphatic carbocycles. The van der Waals surface area contributed by atoms with Crippen molar-refractivity contribution < 1.29 is 31.7 Å². The number of methoxy groups -OCH3 is 1. The van der Waals surface area contributed by atoms with E-state index in [0.717, 1.165) is 27.8 Å². The number of imide groups is 1. The molecule has 1 saturated heterocycles. The van der Waals surface area contributed by atoms with Crippen molar-refractivity contribution in [3.63, 3.8) is 0 Å². The molecule has 1 fully saturated rings. The Bertz CT molecular complexity index is 1520. The predicted molar refractivity (Wildman–Crippen MR) is 146 cm³/mol. The second-order valence-electron chi connectivity index (χ2n) is 8.34. The lowest BCUT2D eigenvalue weighted by Gasteiger charge is -2.15. The Hall–Kier alpha value is -3.47. The van der Waals surface area contributed by atoms with Gasteiger partial charge in [0.05, 0.1) is 23.6 Å². The predicted octanol–water partition coefficient (Wildman–Crippen LogP) is 5.85. The summed E-state index contributed by atoms with van der Waals surface area (Å²) in [5.41, 5.74) is 2.43. The molecule has 4 rings (SSSR count). The highest BCUT2D eigenvalue weighted by molar-refractivity contribution is 8.18. The molecule has 0 atom stereocenters. The summed E-state index contributed by atoms with van der Waals surface area (Å²) in [6.45, 7) is 4.11. The SMILES string of the molecule is COc1cc(/C=C2\SC(=O)N(CCOc3cc(C)ccc3C)C2=O)cc(Cl)c1OS(=O)(=O)c1ccccc1. The van der Waals surface area contributed by atoms with Crippen molar-refractivity contribution in [2.75, 3.05) is 20.3 Å². The van der Waals surface area contributed by atoms with Crippen LogP contribution >= 0.6 is 23.4 Å². The van der Waals surface area contributed by atoms with Crippen molar-refractivity contribution in [3.8, 4) is 17.2 Å². The standard InChI is InChI=1S/C27H24ClNO7S2/c1-17-9-10-18(2)22(13-17)35-12-11-29-26(30)24(37-27(29)31)16-19-14-21(28)25(23(15-19)34-3)36-38(32,33)20-7-5-4-6-8-20/h4-10,13-16H,11-12H2,1-3H3/b24-16-. The molecule has 11 heteroatoms. The number of ether oxygens (including phenoxy) is 2. The van der Waals surface area contributed by atoms with E-state index >= 15 is 0 Å². The zero-order valence-electron chi connectivity index (χ0n) is 20.8. The van der Waals surface area contributed by atoms with Crippen LogP contribution in [0, 0.1) is 13.8 Å². The van der Waals surface area contributed by atoms with E-state index < -0.39 is 21.3 Å². The molecule has 8 nitrogen and oxygen atoms in total. The molecule has 3 aromatic carbocycles. The van der Waals surface area contributed by atoms with Crippen molar-refractivity contribution in [2.45, 2.75) is 18.7 Å². The fourth-order valence-corrected chi connectivity index (χ4v) is 5.75. The molecule has 1 aliphatic rings. The molecule has 0 N–H and O–H groups in total. The summed E-state index contributed by atoms with van der Waals surface area (Å²) in [5.74, 6) is 0.0914. The average molecular weight is 574 g/mol. The van der Waals surface area contributed by atoms with Gasteiger partial charge in [0.2, 0.25) is 5.75 Å². The van der Waals surface area contributed by atoms with E-state index in [1.54, 1.807) is 18.2 Å². The quantitative estimate of drug-likeness (QED) is 0.232. The summed E-state index contributed by atoms with van der Waals surface area (Å²) < 4.78 is 41.7. The van der Waals surface area contributed by atoms with Crippen LogP contribution < -0.4 is 13.7 Å². The highest BCUT2D eigenvalue weighted by atomic mass is 35.5. The third kappa shape index (κ3) is 6.15. The molecule has 0 bridgehead atoms. The number of carbonyl (C=O) groups excluding carboxylic acids is 2. The fourth-order valence-electron chi connectivity index (χ4n) is 3.60. The molecule has 0 aromatic heterocycles. The fraction of sp³-hybridized carbons (Fsp3) is 0.185. The Kier molecular flexibility index (Phi) is 8.35. The van der Waals surface area contributed by atoms with Gasteiger partial charge in [0.1, 0.15) is 17.3 Å². The first-order valence-electron chi connectivity index (χ1n) is 11.4. The number of hydrogen-bond acceptors (Lipinski definition) is 8. The summed E-state index contributed by atoms with van der Waals surface area (Å²) in [6, 6.07) is 16.3. The van der Waals surface area contributed by atoms with Gasteiger partial charge in [-0.25, -0.2) is 0 Å². The average Bonchev–Trinajstić information content (AvgIpc) is 3.15. The zero-order valence-corrected chi connectivity index (χ0v) is 23.2. The van der Waals surface area contributed by atoms with E-state index in [0.29, 0.717) is 11.3 Å². The molecule has 198 valence electrons. The van der Waals surface area contributed by atoms with Gasteiger partial charge in [-0.05, 0) is 78.7 Å². The van der Waals surface area contributed by atoms with Crippen LogP contribution in [0.3, 0.4) is 0 Å². The first kappa shape index (κ1) is 27.6. The maximum Gasteiger partial charge on any atom is 0.339 e. The van der Waals surface area contributed by atoms with E-state index in [1.807, 2.05) is 32.0 Å². The zero-order chi connectivity index (χ0) is 27.4. The molecule has 0 spiro atoms. The number of aryl methyl sites for hydroxylation is 2. The summed E-state index contributed by atoms with van der Waals surface area (Å²) in [4.78, 5) is 26.7. The second kappa shape index (κ2) is 11.5. The highest BCUT2D eigenvalue weighted by Crippen LogP contribution is 2.40. The summed E-state index contributed by atoms with van der Waals surface area (Å²) in [6.07, 6.45) is 1.49. The lowest BCUT2D eigenvalue weighted by atomic mass is 10.1. The Morgan fingerprint density at radius 2 is 1.74 bits per heavy atom. The minimum absolute atomic E-state index is 0.0441. The molecule has 38 heavy (non-hydrogen) atoms. The van der Waals surface area contributed by atoms with Crippen LogP contribution in [0.15, 0.2) is 70.5 Å². The summed E-state index contributed by atoms with van der Waals surface area (Å²) in [7, 11) is -2.83. The number of rotatable bonds is 9. The third-order valence-corrected chi connectivity index (χ3v) is 7.99. The highest BCUT2D eigenvalue weighted by Gasteiger charge is 2.35. The van der Waals surface area contributed by atoms with Crippen molar-refractivity contribution in [3.05, 3.63) is 87.3 Å². The minimum Gasteiger partial charge on any atom is -0.493 e. The molecular formula is C27H24ClNO7S2. The van der Waals surface area contributed by atoms with Crippen molar-refractivity contribution in [1.29, 1.82) is 0 Å². The van der Waals surface area contributed by atoms with Crippen LogP contribution in [0.1, 0.15) is 16.7 Å². The Morgan fingerprint density at radius 1 is 1.00 bits per heavy atom.